The fourth-order valence-electron chi connectivity index (χ4n) is 1.36. The van der Waals surface area contributed by atoms with Crippen LogP contribution in [-0.2, 0) is 11.8 Å². The van der Waals surface area contributed by atoms with Crippen molar-refractivity contribution < 1.29 is 9.59 Å². The first-order valence-electron chi connectivity index (χ1n) is 5.61. The van der Waals surface area contributed by atoms with Gasteiger partial charge in [-0.15, -0.1) is 11.6 Å². The Morgan fingerprint density at radius 3 is 2.72 bits per heavy atom. The predicted molar refractivity (Wildman–Crippen MR) is 69.7 cm³/mol. The lowest BCUT2D eigenvalue weighted by Crippen LogP contribution is -2.30. The molecule has 1 aromatic rings. The van der Waals surface area contributed by atoms with Crippen LogP contribution in [-0.4, -0.2) is 34.0 Å². The number of alkyl halides is 1. The van der Waals surface area contributed by atoms with Gasteiger partial charge in [-0.1, -0.05) is 13.8 Å². The van der Waals surface area contributed by atoms with E-state index in [4.69, 9.17) is 11.6 Å². The van der Waals surface area contributed by atoms with Crippen molar-refractivity contribution in [3.05, 3.63) is 11.9 Å². The SMILES string of the molecule is CC(C)CNC(=O)c1c(NC(=O)CCl)cnn1C. The van der Waals surface area contributed by atoms with E-state index in [1.165, 1.54) is 10.9 Å². The number of halogens is 1. The molecule has 1 aromatic heterocycles. The summed E-state index contributed by atoms with van der Waals surface area (Å²) < 4.78 is 1.42. The molecule has 1 rings (SSSR count). The van der Waals surface area contributed by atoms with Crippen molar-refractivity contribution >= 4 is 29.1 Å². The number of rotatable bonds is 5. The Labute approximate surface area is 111 Å². The van der Waals surface area contributed by atoms with E-state index in [1.807, 2.05) is 13.8 Å². The van der Waals surface area contributed by atoms with E-state index >= 15 is 0 Å². The quantitative estimate of drug-likeness (QED) is 0.785. The summed E-state index contributed by atoms with van der Waals surface area (Å²) in [4.78, 5) is 23.2. The van der Waals surface area contributed by atoms with Gasteiger partial charge in [0, 0.05) is 13.6 Å². The maximum absolute atomic E-state index is 12.0. The third-order valence-electron chi connectivity index (χ3n) is 2.22. The minimum absolute atomic E-state index is 0.165. The lowest BCUT2D eigenvalue weighted by Gasteiger charge is -2.09. The average molecular weight is 273 g/mol. The van der Waals surface area contributed by atoms with Crippen molar-refractivity contribution in [2.24, 2.45) is 13.0 Å². The first-order chi connectivity index (χ1) is 8.45. The number of carbonyl (C=O) groups excluding carboxylic acids is 2. The van der Waals surface area contributed by atoms with Crippen LogP contribution in [0, 0.1) is 5.92 Å². The number of nitrogens with one attached hydrogen (secondary N) is 2. The molecule has 1 heterocycles. The second-order valence-corrected chi connectivity index (χ2v) is 4.58. The smallest absolute Gasteiger partial charge is 0.271 e. The molecule has 0 saturated carbocycles. The van der Waals surface area contributed by atoms with E-state index in [9.17, 15) is 9.59 Å². The fourth-order valence-corrected chi connectivity index (χ4v) is 1.43. The molecule has 7 heteroatoms. The van der Waals surface area contributed by atoms with Crippen LogP contribution < -0.4 is 10.6 Å². The Bertz CT molecular complexity index is 442. The average Bonchev–Trinajstić information content (AvgIpc) is 2.67. The Morgan fingerprint density at radius 2 is 2.17 bits per heavy atom. The number of aromatic nitrogens is 2. The minimum Gasteiger partial charge on any atom is -0.350 e. The number of carbonyl (C=O) groups is 2. The third kappa shape index (κ3) is 3.73. The maximum atomic E-state index is 12.0. The number of hydrogen-bond donors (Lipinski definition) is 2. The molecule has 0 unspecified atom stereocenters. The van der Waals surface area contributed by atoms with Crippen molar-refractivity contribution in [1.29, 1.82) is 0 Å². The van der Waals surface area contributed by atoms with Crippen LogP contribution in [0.3, 0.4) is 0 Å². The molecule has 2 amide bonds. The van der Waals surface area contributed by atoms with Gasteiger partial charge in [0.25, 0.3) is 5.91 Å². The summed E-state index contributed by atoms with van der Waals surface area (Å²) in [6.45, 7) is 4.56. The molecule has 100 valence electrons. The molecule has 0 aliphatic rings. The number of hydrogen-bond acceptors (Lipinski definition) is 3. The van der Waals surface area contributed by atoms with Crippen LogP contribution >= 0.6 is 11.6 Å². The summed E-state index contributed by atoms with van der Waals surface area (Å²) in [5, 5.41) is 9.26. The monoisotopic (exact) mass is 272 g/mol. The standard InChI is InChI=1S/C11H17ClN4O2/c1-7(2)5-13-11(18)10-8(6-14-16(10)3)15-9(17)4-12/h6-7H,4-5H2,1-3H3,(H,13,18)(H,15,17). The summed E-state index contributed by atoms with van der Waals surface area (Å²) in [6, 6.07) is 0. The Hall–Kier alpha value is -1.56. The zero-order chi connectivity index (χ0) is 13.7. The van der Waals surface area contributed by atoms with Gasteiger partial charge in [0.15, 0.2) is 0 Å². The van der Waals surface area contributed by atoms with Gasteiger partial charge < -0.3 is 10.6 Å². The highest BCUT2D eigenvalue weighted by Crippen LogP contribution is 2.14. The topological polar surface area (TPSA) is 76.0 Å². The molecule has 0 saturated heterocycles. The second-order valence-electron chi connectivity index (χ2n) is 4.32. The zero-order valence-corrected chi connectivity index (χ0v) is 11.4. The van der Waals surface area contributed by atoms with Crippen molar-refractivity contribution in [2.45, 2.75) is 13.8 Å². The van der Waals surface area contributed by atoms with Gasteiger partial charge in [0.05, 0.1) is 11.9 Å². The molecule has 0 aliphatic carbocycles. The molecule has 0 atom stereocenters. The Kier molecular flexibility index (Phi) is 5.15. The minimum atomic E-state index is -0.373. The first-order valence-corrected chi connectivity index (χ1v) is 6.15. The van der Waals surface area contributed by atoms with Crippen LogP contribution in [0.4, 0.5) is 5.69 Å². The summed E-state index contributed by atoms with van der Waals surface area (Å²) >= 11 is 5.40. The van der Waals surface area contributed by atoms with E-state index in [-0.39, 0.29) is 17.7 Å². The van der Waals surface area contributed by atoms with Gasteiger partial charge in [0.1, 0.15) is 11.6 Å². The molecular weight excluding hydrogens is 256 g/mol. The van der Waals surface area contributed by atoms with Crippen LogP contribution in [0.1, 0.15) is 24.3 Å². The van der Waals surface area contributed by atoms with Crippen molar-refractivity contribution in [3.8, 4) is 0 Å². The zero-order valence-electron chi connectivity index (χ0n) is 10.7. The van der Waals surface area contributed by atoms with E-state index in [2.05, 4.69) is 15.7 Å². The molecule has 0 aromatic carbocycles. The van der Waals surface area contributed by atoms with Crippen LogP contribution in [0.25, 0.3) is 0 Å². The Morgan fingerprint density at radius 1 is 1.50 bits per heavy atom. The number of amides is 2. The highest BCUT2D eigenvalue weighted by atomic mass is 35.5. The molecule has 0 radical (unpaired) electrons. The molecule has 0 bridgehead atoms. The molecule has 6 nitrogen and oxygen atoms in total. The van der Waals surface area contributed by atoms with Crippen molar-refractivity contribution in [1.82, 2.24) is 15.1 Å². The maximum Gasteiger partial charge on any atom is 0.271 e. The van der Waals surface area contributed by atoms with Gasteiger partial charge in [-0.3, -0.25) is 14.3 Å². The summed E-state index contributed by atoms with van der Waals surface area (Å²) in [5.74, 6) is -0.457. The van der Waals surface area contributed by atoms with Crippen molar-refractivity contribution in [2.75, 3.05) is 17.7 Å². The number of aryl methyl sites for hydroxylation is 1. The number of anilines is 1. The lowest BCUT2D eigenvalue weighted by atomic mass is 10.2. The highest BCUT2D eigenvalue weighted by molar-refractivity contribution is 6.29. The van der Waals surface area contributed by atoms with Crippen molar-refractivity contribution in [3.63, 3.8) is 0 Å². The fraction of sp³-hybridized carbons (Fsp3) is 0.545. The van der Waals surface area contributed by atoms with Gasteiger partial charge >= 0.3 is 0 Å². The molecule has 18 heavy (non-hydrogen) atoms. The normalized spacial score (nSPS) is 10.5. The molecule has 0 aliphatic heterocycles. The lowest BCUT2D eigenvalue weighted by molar-refractivity contribution is -0.113. The molecule has 0 spiro atoms. The largest absolute Gasteiger partial charge is 0.350 e. The number of nitrogens with zero attached hydrogens (tertiary/aromatic N) is 2. The van der Waals surface area contributed by atoms with Gasteiger partial charge in [-0.2, -0.15) is 5.10 Å². The van der Waals surface area contributed by atoms with E-state index in [0.29, 0.717) is 23.8 Å². The molecule has 0 fully saturated rings. The summed E-state index contributed by atoms with van der Waals surface area (Å²) in [6.07, 6.45) is 1.43. The van der Waals surface area contributed by atoms with Crippen LogP contribution in [0.2, 0.25) is 0 Å². The van der Waals surface area contributed by atoms with Gasteiger partial charge in [0.2, 0.25) is 5.91 Å². The summed E-state index contributed by atoms with van der Waals surface area (Å²) in [5.41, 5.74) is 0.679. The first kappa shape index (κ1) is 14.5. The molecule has 2 N–H and O–H groups in total. The van der Waals surface area contributed by atoms with Crippen LogP contribution in [0.5, 0.6) is 0 Å². The second kappa shape index (κ2) is 6.39. The van der Waals surface area contributed by atoms with Gasteiger partial charge in [-0.05, 0) is 5.92 Å². The van der Waals surface area contributed by atoms with Crippen LogP contribution in [0.15, 0.2) is 6.20 Å². The van der Waals surface area contributed by atoms with E-state index in [0.717, 1.165) is 0 Å². The Balaban J connectivity index is 2.83. The molecular formula is C11H17ClN4O2. The van der Waals surface area contributed by atoms with E-state index < -0.39 is 0 Å². The van der Waals surface area contributed by atoms with E-state index in [1.54, 1.807) is 7.05 Å². The third-order valence-corrected chi connectivity index (χ3v) is 2.46. The predicted octanol–water partition coefficient (Wildman–Crippen LogP) is 0.983. The highest BCUT2D eigenvalue weighted by Gasteiger charge is 2.18. The van der Waals surface area contributed by atoms with Gasteiger partial charge in [-0.25, -0.2) is 0 Å². The summed E-state index contributed by atoms with van der Waals surface area (Å²) in [7, 11) is 1.64.